The van der Waals surface area contributed by atoms with Gasteiger partial charge in [0, 0.05) is 11.8 Å². The Morgan fingerprint density at radius 2 is 1.84 bits per heavy atom. The third-order valence-corrected chi connectivity index (χ3v) is 2.57. The Bertz CT molecular complexity index is 621. The van der Waals surface area contributed by atoms with Gasteiger partial charge in [0.25, 0.3) is 5.91 Å². The van der Waals surface area contributed by atoms with Crippen molar-refractivity contribution in [2.75, 3.05) is 5.32 Å². The first kappa shape index (κ1) is 12.8. The van der Waals surface area contributed by atoms with Crippen LogP contribution in [0.1, 0.15) is 26.4 Å². The molecule has 5 nitrogen and oxygen atoms in total. The van der Waals surface area contributed by atoms with Gasteiger partial charge in [0.15, 0.2) is 5.69 Å². The Balaban J connectivity index is 2.24. The van der Waals surface area contributed by atoms with Crippen LogP contribution in [0.2, 0.25) is 0 Å². The number of pyridine rings is 1. The van der Waals surface area contributed by atoms with Gasteiger partial charge in [-0.15, -0.1) is 0 Å². The number of hydrogen-bond acceptors (Lipinski definition) is 3. The number of carbonyl (C=O) groups excluding carboxylic acids is 1. The van der Waals surface area contributed by atoms with Gasteiger partial charge in [-0.25, -0.2) is 9.78 Å². The van der Waals surface area contributed by atoms with Crippen LogP contribution in [0.25, 0.3) is 0 Å². The van der Waals surface area contributed by atoms with Crippen LogP contribution < -0.4 is 5.32 Å². The van der Waals surface area contributed by atoms with Crippen molar-refractivity contribution >= 4 is 17.6 Å². The first-order valence-electron chi connectivity index (χ1n) is 5.64. The fourth-order valence-corrected chi connectivity index (χ4v) is 1.58. The number of anilines is 1. The lowest BCUT2D eigenvalue weighted by molar-refractivity contribution is 0.0692. The van der Waals surface area contributed by atoms with Crippen molar-refractivity contribution in [3.63, 3.8) is 0 Å². The molecule has 2 aromatic rings. The summed E-state index contributed by atoms with van der Waals surface area (Å²) in [5, 5.41) is 11.5. The summed E-state index contributed by atoms with van der Waals surface area (Å²) in [6.45, 7) is 1.92. The molecule has 0 aliphatic heterocycles. The molecule has 0 aliphatic rings. The average molecular weight is 256 g/mol. The van der Waals surface area contributed by atoms with E-state index in [2.05, 4.69) is 10.3 Å². The van der Waals surface area contributed by atoms with Crippen LogP contribution in [0.4, 0.5) is 5.69 Å². The standard InChI is InChI=1S/C14H12N2O3/c1-9-4-6-10(7-5-9)13(17)16-11-3-2-8-15-12(11)14(18)19/h2-8H,1H3,(H,16,17)(H,18,19). The number of carboxylic acid groups (broad SMARTS) is 1. The minimum atomic E-state index is -1.18. The number of carbonyl (C=O) groups is 2. The van der Waals surface area contributed by atoms with Crippen molar-refractivity contribution in [2.24, 2.45) is 0 Å². The lowest BCUT2D eigenvalue weighted by Crippen LogP contribution is -2.15. The van der Waals surface area contributed by atoms with Gasteiger partial charge >= 0.3 is 5.97 Å². The van der Waals surface area contributed by atoms with Gasteiger partial charge in [0.05, 0.1) is 5.69 Å². The molecular weight excluding hydrogens is 244 g/mol. The molecule has 1 amide bonds. The van der Waals surface area contributed by atoms with E-state index in [1.807, 2.05) is 19.1 Å². The molecule has 5 heteroatoms. The Kier molecular flexibility index (Phi) is 3.56. The van der Waals surface area contributed by atoms with E-state index in [-0.39, 0.29) is 17.3 Å². The molecule has 0 unspecified atom stereocenters. The molecule has 0 atom stereocenters. The maximum atomic E-state index is 12.0. The number of benzene rings is 1. The van der Waals surface area contributed by atoms with Crippen LogP contribution in [-0.4, -0.2) is 22.0 Å². The first-order chi connectivity index (χ1) is 9.08. The summed E-state index contributed by atoms with van der Waals surface area (Å²) in [6, 6.07) is 10.1. The lowest BCUT2D eigenvalue weighted by Gasteiger charge is -2.07. The van der Waals surface area contributed by atoms with Crippen LogP contribution in [0.15, 0.2) is 42.6 Å². The van der Waals surface area contributed by atoms with Gasteiger partial charge in [-0.05, 0) is 31.2 Å². The van der Waals surface area contributed by atoms with Crippen molar-refractivity contribution < 1.29 is 14.7 Å². The highest BCUT2D eigenvalue weighted by molar-refractivity contribution is 6.07. The number of nitrogens with zero attached hydrogens (tertiary/aromatic N) is 1. The number of aromatic carboxylic acids is 1. The molecule has 0 bridgehead atoms. The van der Waals surface area contributed by atoms with E-state index >= 15 is 0 Å². The van der Waals surface area contributed by atoms with Crippen molar-refractivity contribution in [3.8, 4) is 0 Å². The topological polar surface area (TPSA) is 79.3 Å². The highest BCUT2D eigenvalue weighted by Gasteiger charge is 2.14. The predicted octanol–water partition coefficient (Wildman–Crippen LogP) is 2.34. The van der Waals surface area contributed by atoms with E-state index in [9.17, 15) is 9.59 Å². The van der Waals surface area contributed by atoms with Crippen molar-refractivity contribution in [1.29, 1.82) is 0 Å². The molecule has 0 spiro atoms. The zero-order valence-electron chi connectivity index (χ0n) is 10.3. The van der Waals surface area contributed by atoms with E-state index < -0.39 is 5.97 Å². The van der Waals surface area contributed by atoms with Crippen LogP contribution >= 0.6 is 0 Å². The van der Waals surface area contributed by atoms with Crippen molar-refractivity contribution in [2.45, 2.75) is 6.92 Å². The summed E-state index contributed by atoms with van der Waals surface area (Å²) in [5.74, 6) is -1.55. The van der Waals surface area contributed by atoms with Gasteiger partial charge in [-0.1, -0.05) is 17.7 Å². The Hall–Kier alpha value is -2.69. The summed E-state index contributed by atoms with van der Waals surface area (Å²) in [4.78, 5) is 26.7. The van der Waals surface area contributed by atoms with Gasteiger partial charge in [0.2, 0.25) is 0 Å². The maximum absolute atomic E-state index is 12.0. The molecule has 1 aromatic heterocycles. The number of aryl methyl sites for hydroxylation is 1. The summed E-state index contributed by atoms with van der Waals surface area (Å²) in [6.07, 6.45) is 1.37. The van der Waals surface area contributed by atoms with Gasteiger partial charge in [-0.2, -0.15) is 0 Å². The third kappa shape index (κ3) is 2.95. The highest BCUT2D eigenvalue weighted by atomic mass is 16.4. The SMILES string of the molecule is Cc1ccc(C(=O)Nc2cccnc2C(=O)O)cc1. The smallest absolute Gasteiger partial charge is 0.356 e. The lowest BCUT2D eigenvalue weighted by atomic mass is 10.1. The van der Waals surface area contributed by atoms with E-state index in [0.717, 1.165) is 5.56 Å². The second-order valence-corrected chi connectivity index (χ2v) is 4.02. The summed E-state index contributed by atoms with van der Waals surface area (Å²) in [5.41, 5.74) is 1.51. The largest absolute Gasteiger partial charge is 0.476 e. The Labute approximate surface area is 109 Å². The molecule has 0 saturated heterocycles. The number of carboxylic acids is 1. The summed E-state index contributed by atoms with van der Waals surface area (Å²) in [7, 11) is 0. The quantitative estimate of drug-likeness (QED) is 0.883. The third-order valence-electron chi connectivity index (χ3n) is 2.57. The molecule has 1 heterocycles. The fraction of sp³-hybridized carbons (Fsp3) is 0.0714. The molecule has 96 valence electrons. The molecule has 19 heavy (non-hydrogen) atoms. The van der Waals surface area contributed by atoms with Crippen LogP contribution in [0.3, 0.4) is 0 Å². The zero-order valence-corrected chi connectivity index (χ0v) is 10.3. The average Bonchev–Trinajstić information content (AvgIpc) is 2.39. The minimum absolute atomic E-state index is 0.178. The summed E-state index contributed by atoms with van der Waals surface area (Å²) < 4.78 is 0. The normalized spacial score (nSPS) is 9.95. The van der Waals surface area contributed by atoms with E-state index in [1.165, 1.54) is 12.3 Å². The van der Waals surface area contributed by atoms with Crippen molar-refractivity contribution in [3.05, 3.63) is 59.4 Å². The van der Waals surface area contributed by atoms with E-state index in [0.29, 0.717) is 5.56 Å². The minimum Gasteiger partial charge on any atom is -0.476 e. The second kappa shape index (κ2) is 5.30. The number of hydrogen-bond donors (Lipinski definition) is 2. The predicted molar refractivity (Wildman–Crippen MR) is 70.3 cm³/mol. The molecule has 0 radical (unpaired) electrons. The van der Waals surface area contributed by atoms with E-state index in [1.54, 1.807) is 18.2 Å². The molecule has 0 aliphatic carbocycles. The van der Waals surface area contributed by atoms with Gasteiger partial charge in [0.1, 0.15) is 0 Å². The molecule has 0 saturated carbocycles. The van der Waals surface area contributed by atoms with Gasteiger partial charge in [-0.3, -0.25) is 4.79 Å². The van der Waals surface area contributed by atoms with Crippen molar-refractivity contribution in [1.82, 2.24) is 4.98 Å². The number of rotatable bonds is 3. The van der Waals surface area contributed by atoms with E-state index in [4.69, 9.17) is 5.11 Å². The molecule has 1 aromatic carbocycles. The molecule has 2 N–H and O–H groups in total. The maximum Gasteiger partial charge on any atom is 0.356 e. The Morgan fingerprint density at radius 3 is 2.47 bits per heavy atom. The fourth-order valence-electron chi connectivity index (χ4n) is 1.58. The Morgan fingerprint density at radius 1 is 1.16 bits per heavy atom. The number of nitrogens with one attached hydrogen (secondary N) is 1. The highest BCUT2D eigenvalue weighted by Crippen LogP contribution is 2.14. The van der Waals surface area contributed by atoms with Crippen LogP contribution in [-0.2, 0) is 0 Å². The number of aromatic nitrogens is 1. The van der Waals surface area contributed by atoms with Crippen LogP contribution in [0, 0.1) is 6.92 Å². The number of amides is 1. The monoisotopic (exact) mass is 256 g/mol. The first-order valence-corrected chi connectivity index (χ1v) is 5.64. The molecule has 2 rings (SSSR count). The van der Waals surface area contributed by atoms with Gasteiger partial charge < -0.3 is 10.4 Å². The van der Waals surface area contributed by atoms with Crippen LogP contribution in [0.5, 0.6) is 0 Å². The molecular formula is C14H12N2O3. The second-order valence-electron chi connectivity index (χ2n) is 4.02. The molecule has 0 fully saturated rings. The zero-order chi connectivity index (χ0) is 13.8. The summed E-state index contributed by atoms with van der Waals surface area (Å²) >= 11 is 0.